The van der Waals surface area contributed by atoms with Crippen LogP contribution in [0.15, 0.2) is 58.5 Å². The van der Waals surface area contributed by atoms with Crippen LogP contribution >= 0.6 is 24.8 Å². The molecule has 0 aromatic heterocycles. The van der Waals surface area contributed by atoms with Crippen LogP contribution in [0.5, 0.6) is 0 Å². The predicted octanol–water partition coefficient (Wildman–Crippen LogP) is 3.34. The van der Waals surface area contributed by atoms with Crippen molar-refractivity contribution in [3.8, 4) is 0 Å². The highest BCUT2D eigenvalue weighted by molar-refractivity contribution is 6.02. The largest absolute Gasteiger partial charge is 0.368 e. The molecule has 2 aromatic carbocycles. The fourth-order valence-corrected chi connectivity index (χ4v) is 4.13. The Kier molecular flexibility index (Phi) is 12.9. The van der Waals surface area contributed by atoms with Crippen LogP contribution in [0.1, 0.15) is 63.9 Å². The zero-order chi connectivity index (χ0) is 24.3. The molecule has 4 N–H and O–H groups in total. The van der Waals surface area contributed by atoms with Crippen molar-refractivity contribution in [1.82, 2.24) is 21.3 Å². The minimum Gasteiger partial charge on any atom is -0.368 e. The second-order valence-corrected chi connectivity index (χ2v) is 8.75. The van der Waals surface area contributed by atoms with Gasteiger partial charge in [0.05, 0.1) is 13.1 Å². The Morgan fingerprint density at radius 1 is 0.622 bits per heavy atom. The number of nitrogens with zero attached hydrogens (tertiary/aromatic N) is 2. The molecule has 0 fully saturated rings. The van der Waals surface area contributed by atoms with Gasteiger partial charge in [-0.3, -0.25) is 19.6 Å². The van der Waals surface area contributed by atoms with E-state index in [1.807, 2.05) is 48.5 Å². The van der Waals surface area contributed by atoms with Crippen molar-refractivity contribution in [2.45, 2.75) is 32.1 Å². The molecule has 200 valence electrons. The number of unbranched alkanes of at least 4 members (excludes halogenated alkanes) is 4. The van der Waals surface area contributed by atoms with E-state index in [0.717, 1.165) is 81.1 Å². The highest BCUT2D eigenvalue weighted by Crippen LogP contribution is 2.09. The molecule has 0 saturated carbocycles. The fraction of sp³-hybridized carbons (Fsp3) is 0.407. The number of rotatable bonds is 12. The molecule has 2 aliphatic rings. The molecule has 10 heteroatoms. The van der Waals surface area contributed by atoms with Crippen molar-refractivity contribution in [3.63, 3.8) is 0 Å². The van der Waals surface area contributed by atoms with Gasteiger partial charge in [0, 0.05) is 48.4 Å². The Labute approximate surface area is 231 Å². The minimum absolute atomic E-state index is 0. The van der Waals surface area contributed by atoms with Crippen LogP contribution in [0.25, 0.3) is 0 Å². The van der Waals surface area contributed by atoms with Crippen molar-refractivity contribution >= 4 is 48.3 Å². The normalized spacial score (nSPS) is 13.7. The smallest absolute Gasteiger partial charge is 0.251 e. The van der Waals surface area contributed by atoms with E-state index in [2.05, 4.69) is 31.3 Å². The quantitative estimate of drug-likeness (QED) is 0.306. The third-order valence-corrected chi connectivity index (χ3v) is 6.11. The number of amidine groups is 2. The lowest BCUT2D eigenvalue weighted by molar-refractivity contribution is 0.0945. The van der Waals surface area contributed by atoms with Gasteiger partial charge in [-0.1, -0.05) is 43.5 Å². The molecule has 37 heavy (non-hydrogen) atoms. The summed E-state index contributed by atoms with van der Waals surface area (Å²) < 4.78 is 0. The monoisotopic (exact) mass is 546 g/mol. The number of carbonyl (C=O) groups is 2. The van der Waals surface area contributed by atoms with Crippen molar-refractivity contribution in [3.05, 3.63) is 70.8 Å². The van der Waals surface area contributed by atoms with Crippen LogP contribution in [0.3, 0.4) is 0 Å². The SMILES string of the molecule is Cl.Cl.O=C(NCCCCCCCNC(=O)c1ccc(C2=NCCN2)cc1)c1ccc(C2=NCCN2)cc1. The van der Waals surface area contributed by atoms with Crippen LogP contribution in [-0.2, 0) is 0 Å². The Hall–Kier alpha value is -3.10. The predicted molar refractivity (Wildman–Crippen MR) is 154 cm³/mol. The maximum atomic E-state index is 12.3. The van der Waals surface area contributed by atoms with Gasteiger partial charge in [-0.2, -0.15) is 0 Å². The summed E-state index contributed by atoms with van der Waals surface area (Å²) in [6, 6.07) is 15.1. The maximum absolute atomic E-state index is 12.3. The number of halogens is 2. The number of carbonyl (C=O) groups excluding carboxylic acids is 2. The zero-order valence-corrected chi connectivity index (χ0v) is 22.6. The van der Waals surface area contributed by atoms with Crippen molar-refractivity contribution in [2.24, 2.45) is 9.98 Å². The molecule has 0 spiro atoms. The Balaban J connectivity index is 0.00000241. The highest BCUT2D eigenvalue weighted by atomic mass is 35.5. The maximum Gasteiger partial charge on any atom is 0.251 e. The molecule has 0 unspecified atom stereocenters. The van der Waals surface area contributed by atoms with Gasteiger partial charge in [-0.25, -0.2) is 0 Å². The molecule has 0 radical (unpaired) electrons. The van der Waals surface area contributed by atoms with Gasteiger partial charge >= 0.3 is 0 Å². The van der Waals surface area contributed by atoms with E-state index in [1.54, 1.807) is 0 Å². The van der Waals surface area contributed by atoms with E-state index in [9.17, 15) is 9.59 Å². The third kappa shape index (κ3) is 9.05. The van der Waals surface area contributed by atoms with Crippen molar-refractivity contribution < 1.29 is 9.59 Å². The number of benzene rings is 2. The summed E-state index contributed by atoms with van der Waals surface area (Å²) >= 11 is 0. The van der Waals surface area contributed by atoms with Crippen LogP contribution in [0.2, 0.25) is 0 Å². The molecule has 0 aliphatic carbocycles. The molecule has 0 atom stereocenters. The standard InChI is InChI=1S/C27H34N6O2.2ClH/c34-26(22-10-6-20(7-11-22)24-28-16-17-29-24)32-14-4-2-1-3-5-15-33-27(35)23-12-8-21(9-13-23)25-30-18-19-31-25;;/h6-13H,1-5,14-19H2,(H,28,29)(H,30,31)(H,32,34)(H,33,35);2*1H. The first-order valence-corrected chi connectivity index (χ1v) is 12.5. The number of amides is 2. The average molecular weight is 548 g/mol. The van der Waals surface area contributed by atoms with Gasteiger partial charge in [0.15, 0.2) is 0 Å². The summed E-state index contributed by atoms with van der Waals surface area (Å²) in [4.78, 5) is 33.4. The van der Waals surface area contributed by atoms with Crippen LogP contribution in [0, 0.1) is 0 Å². The lowest BCUT2D eigenvalue weighted by Crippen LogP contribution is -2.25. The van der Waals surface area contributed by atoms with Crippen molar-refractivity contribution in [2.75, 3.05) is 39.3 Å². The van der Waals surface area contributed by atoms with E-state index >= 15 is 0 Å². The van der Waals surface area contributed by atoms with Gasteiger partial charge < -0.3 is 21.3 Å². The highest BCUT2D eigenvalue weighted by Gasteiger charge is 2.11. The van der Waals surface area contributed by atoms with Crippen LogP contribution in [0.4, 0.5) is 0 Å². The summed E-state index contributed by atoms with van der Waals surface area (Å²) in [6.45, 7) is 4.69. The number of hydrogen-bond acceptors (Lipinski definition) is 6. The Morgan fingerprint density at radius 3 is 1.35 bits per heavy atom. The summed E-state index contributed by atoms with van der Waals surface area (Å²) in [7, 11) is 0. The van der Waals surface area contributed by atoms with Gasteiger partial charge in [0.25, 0.3) is 11.8 Å². The number of aliphatic imine (C=N–C) groups is 2. The van der Waals surface area contributed by atoms with E-state index in [1.165, 1.54) is 0 Å². The summed E-state index contributed by atoms with van der Waals surface area (Å²) in [5.74, 6) is 1.72. The first kappa shape index (κ1) is 30.1. The van der Waals surface area contributed by atoms with E-state index < -0.39 is 0 Å². The molecule has 8 nitrogen and oxygen atoms in total. The number of hydrogen-bond donors (Lipinski definition) is 4. The molecule has 2 aliphatic heterocycles. The van der Waals surface area contributed by atoms with E-state index in [4.69, 9.17) is 0 Å². The first-order chi connectivity index (χ1) is 17.2. The van der Waals surface area contributed by atoms with E-state index in [0.29, 0.717) is 24.2 Å². The minimum atomic E-state index is -0.0406. The lowest BCUT2D eigenvalue weighted by atomic mass is 10.1. The van der Waals surface area contributed by atoms with Crippen LogP contribution in [-0.4, -0.2) is 62.8 Å². The molecule has 0 saturated heterocycles. The second-order valence-electron chi connectivity index (χ2n) is 8.75. The molecule has 2 aromatic rings. The molecular formula is C27H36Cl2N6O2. The summed E-state index contributed by atoms with van der Waals surface area (Å²) in [5, 5.41) is 12.5. The van der Waals surface area contributed by atoms with E-state index in [-0.39, 0.29) is 36.6 Å². The van der Waals surface area contributed by atoms with Gasteiger partial charge in [0.1, 0.15) is 11.7 Å². The van der Waals surface area contributed by atoms with Crippen LogP contribution < -0.4 is 21.3 Å². The molecule has 0 bridgehead atoms. The van der Waals surface area contributed by atoms with Gasteiger partial charge in [0.2, 0.25) is 0 Å². The zero-order valence-electron chi connectivity index (χ0n) is 20.9. The average Bonchev–Trinajstić information content (AvgIpc) is 3.63. The van der Waals surface area contributed by atoms with Crippen molar-refractivity contribution in [1.29, 1.82) is 0 Å². The molecular weight excluding hydrogens is 511 g/mol. The topological polar surface area (TPSA) is 107 Å². The second kappa shape index (κ2) is 15.9. The van der Waals surface area contributed by atoms with Gasteiger partial charge in [-0.05, 0) is 37.1 Å². The lowest BCUT2D eigenvalue weighted by Gasteiger charge is -2.08. The Bertz CT molecular complexity index is 986. The molecule has 2 amide bonds. The Morgan fingerprint density at radius 2 is 1.00 bits per heavy atom. The number of nitrogens with one attached hydrogen (secondary N) is 4. The van der Waals surface area contributed by atoms with Gasteiger partial charge in [-0.15, -0.1) is 24.8 Å². The molecule has 4 rings (SSSR count). The summed E-state index contributed by atoms with van der Waals surface area (Å²) in [5.41, 5.74) is 3.37. The summed E-state index contributed by atoms with van der Waals surface area (Å²) in [6.07, 6.45) is 5.09. The molecule has 2 heterocycles. The third-order valence-electron chi connectivity index (χ3n) is 6.11. The fourth-order valence-electron chi connectivity index (χ4n) is 4.13. The first-order valence-electron chi connectivity index (χ1n) is 12.5.